The maximum atomic E-state index is 9.70. The van der Waals surface area contributed by atoms with Gasteiger partial charge in [0.15, 0.2) is 11.5 Å². The number of rotatable bonds is 4. The molecule has 0 spiro atoms. The predicted octanol–water partition coefficient (Wildman–Crippen LogP) is 0.783. The number of para-hydroxylation sites is 1. The lowest BCUT2D eigenvalue weighted by Crippen LogP contribution is -2.12. The molecule has 0 aliphatic carbocycles. The molecular formula is C10H15NO3. The number of phenols is 1. The highest BCUT2D eigenvalue weighted by molar-refractivity contribution is 5.46. The minimum atomic E-state index is -0.366. The Kier molecular flexibility index (Phi) is 3.73. The Hall–Kier alpha value is -1.26. The van der Waals surface area contributed by atoms with Crippen molar-refractivity contribution in [2.75, 3.05) is 13.7 Å². The summed E-state index contributed by atoms with van der Waals surface area (Å²) in [6.45, 7) is -0.00217. The SMILES string of the molecule is COc1cccc([C@@H](N)CCO)c1O. The van der Waals surface area contributed by atoms with Gasteiger partial charge in [-0.25, -0.2) is 0 Å². The number of phenolic OH excluding ortho intramolecular Hbond substituents is 1. The zero-order valence-electron chi connectivity index (χ0n) is 8.10. The highest BCUT2D eigenvalue weighted by Crippen LogP contribution is 2.33. The van der Waals surface area contributed by atoms with Gasteiger partial charge >= 0.3 is 0 Å². The average Bonchev–Trinajstić information content (AvgIpc) is 2.18. The number of aromatic hydroxyl groups is 1. The van der Waals surface area contributed by atoms with Gasteiger partial charge in [-0.15, -0.1) is 0 Å². The van der Waals surface area contributed by atoms with Gasteiger partial charge in [0.05, 0.1) is 7.11 Å². The lowest BCUT2D eigenvalue weighted by Gasteiger charge is -2.14. The normalized spacial score (nSPS) is 12.5. The van der Waals surface area contributed by atoms with Crippen LogP contribution in [0.2, 0.25) is 0 Å². The molecule has 4 N–H and O–H groups in total. The monoisotopic (exact) mass is 197 g/mol. The van der Waals surface area contributed by atoms with Gasteiger partial charge in [0, 0.05) is 18.2 Å². The molecule has 0 aliphatic rings. The topological polar surface area (TPSA) is 75.7 Å². The molecule has 0 aliphatic heterocycles. The molecule has 0 unspecified atom stereocenters. The Morgan fingerprint density at radius 3 is 2.79 bits per heavy atom. The number of aliphatic hydroxyl groups excluding tert-OH is 1. The lowest BCUT2D eigenvalue weighted by molar-refractivity contribution is 0.275. The van der Waals surface area contributed by atoms with Crippen LogP contribution in [0.5, 0.6) is 11.5 Å². The summed E-state index contributed by atoms with van der Waals surface area (Å²) in [7, 11) is 1.48. The minimum Gasteiger partial charge on any atom is -0.504 e. The van der Waals surface area contributed by atoms with E-state index >= 15 is 0 Å². The first-order valence-electron chi connectivity index (χ1n) is 4.43. The second-order valence-electron chi connectivity index (χ2n) is 3.02. The van der Waals surface area contributed by atoms with Crippen LogP contribution in [0.3, 0.4) is 0 Å². The third-order valence-electron chi connectivity index (χ3n) is 2.09. The second-order valence-corrected chi connectivity index (χ2v) is 3.02. The van der Waals surface area contributed by atoms with Crippen molar-refractivity contribution in [3.8, 4) is 11.5 Å². The van der Waals surface area contributed by atoms with E-state index in [0.717, 1.165) is 0 Å². The van der Waals surface area contributed by atoms with Gasteiger partial charge in [0.1, 0.15) is 0 Å². The molecule has 14 heavy (non-hydrogen) atoms. The quantitative estimate of drug-likeness (QED) is 0.666. The zero-order chi connectivity index (χ0) is 10.6. The number of hydrogen-bond donors (Lipinski definition) is 3. The summed E-state index contributed by atoms with van der Waals surface area (Å²) < 4.78 is 4.95. The maximum Gasteiger partial charge on any atom is 0.162 e. The van der Waals surface area contributed by atoms with Crippen LogP contribution in [0.4, 0.5) is 0 Å². The summed E-state index contributed by atoms with van der Waals surface area (Å²) in [5.41, 5.74) is 6.35. The Morgan fingerprint density at radius 1 is 1.50 bits per heavy atom. The van der Waals surface area contributed by atoms with Crippen LogP contribution < -0.4 is 10.5 Å². The van der Waals surface area contributed by atoms with Crippen molar-refractivity contribution in [1.29, 1.82) is 0 Å². The van der Waals surface area contributed by atoms with Crippen molar-refractivity contribution in [1.82, 2.24) is 0 Å². The Labute approximate surface area is 82.9 Å². The van der Waals surface area contributed by atoms with Crippen LogP contribution in [0.1, 0.15) is 18.0 Å². The number of nitrogens with two attached hydrogens (primary N) is 1. The summed E-state index contributed by atoms with van der Waals surface area (Å²) in [5, 5.41) is 18.4. The molecule has 1 rings (SSSR count). The van der Waals surface area contributed by atoms with E-state index < -0.39 is 0 Å². The largest absolute Gasteiger partial charge is 0.504 e. The zero-order valence-corrected chi connectivity index (χ0v) is 8.10. The third kappa shape index (κ3) is 2.16. The smallest absolute Gasteiger partial charge is 0.162 e. The lowest BCUT2D eigenvalue weighted by atomic mass is 10.0. The summed E-state index contributed by atoms with van der Waals surface area (Å²) in [6.07, 6.45) is 0.417. The van der Waals surface area contributed by atoms with Gasteiger partial charge < -0.3 is 20.7 Å². The van der Waals surface area contributed by atoms with Crippen molar-refractivity contribution in [3.05, 3.63) is 23.8 Å². The number of hydrogen-bond acceptors (Lipinski definition) is 4. The van der Waals surface area contributed by atoms with Gasteiger partial charge in [0.25, 0.3) is 0 Å². The van der Waals surface area contributed by atoms with Crippen molar-refractivity contribution in [2.45, 2.75) is 12.5 Å². The number of ether oxygens (including phenoxy) is 1. The van der Waals surface area contributed by atoms with E-state index in [4.69, 9.17) is 15.6 Å². The van der Waals surface area contributed by atoms with Crippen LogP contribution in [-0.2, 0) is 0 Å². The molecule has 4 heteroatoms. The highest BCUT2D eigenvalue weighted by atomic mass is 16.5. The molecule has 0 radical (unpaired) electrons. The van der Waals surface area contributed by atoms with Crippen LogP contribution in [-0.4, -0.2) is 23.9 Å². The van der Waals surface area contributed by atoms with E-state index in [1.807, 2.05) is 0 Å². The molecule has 0 saturated heterocycles. The molecule has 0 amide bonds. The van der Waals surface area contributed by atoms with Crippen LogP contribution in [0.25, 0.3) is 0 Å². The van der Waals surface area contributed by atoms with E-state index in [0.29, 0.717) is 17.7 Å². The average molecular weight is 197 g/mol. The summed E-state index contributed by atoms with van der Waals surface area (Å²) in [6, 6.07) is 4.77. The van der Waals surface area contributed by atoms with E-state index in [9.17, 15) is 5.11 Å². The standard InChI is InChI=1S/C10H15NO3/c1-14-9-4-2-3-7(10(9)13)8(11)5-6-12/h2-4,8,12-13H,5-6,11H2,1H3/t8-/m0/s1. The van der Waals surface area contributed by atoms with E-state index in [-0.39, 0.29) is 18.4 Å². The van der Waals surface area contributed by atoms with Crippen molar-refractivity contribution in [2.24, 2.45) is 5.73 Å². The van der Waals surface area contributed by atoms with Crippen LogP contribution in [0.15, 0.2) is 18.2 Å². The van der Waals surface area contributed by atoms with Gasteiger partial charge in [-0.2, -0.15) is 0 Å². The molecular weight excluding hydrogens is 182 g/mol. The molecule has 0 saturated carbocycles. The van der Waals surface area contributed by atoms with E-state index in [2.05, 4.69) is 0 Å². The molecule has 0 heterocycles. The number of methoxy groups -OCH3 is 1. The summed E-state index contributed by atoms with van der Waals surface area (Å²) in [4.78, 5) is 0. The first kappa shape index (κ1) is 10.8. The van der Waals surface area contributed by atoms with Crippen LogP contribution in [0, 0.1) is 0 Å². The molecule has 78 valence electrons. The first-order chi connectivity index (χ1) is 6.70. The predicted molar refractivity (Wildman–Crippen MR) is 53.3 cm³/mol. The number of aliphatic hydroxyl groups is 1. The highest BCUT2D eigenvalue weighted by Gasteiger charge is 2.13. The fraction of sp³-hybridized carbons (Fsp3) is 0.400. The van der Waals surface area contributed by atoms with E-state index in [1.165, 1.54) is 7.11 Å². The molecule has 4 nitrogen and oxygen atoms in total. The van der Waals surface area contributed by atoms with Crippen molar-refractivity contribution >= 4 is 0 Å². The van der Waals surface area contributed by atoms with Gasteiger partial charge in [-0.1, -0.05) is 12.1 Å². The molecule has 0 fully saturated rings. The second kappa shape index (κ2) is 4.83. The Balaban J connectivity index is 2.96. The van der Waals surface area contributed by atoms with Gasteiger partial charge in [0.2, 0.25) is 0 Å². The molecule has 0 bridgehead atoms. The number of benzene rings is 1. The van der Waals surface area contributed by atoms with Crippen molar-refractivity contribution in [3.63, 3.8) is 0 Å². The van der Waals surface area contributed by atoms with Crippen molar-refractivity contribution < 1.29 is 14.9 Å². The summed E-state index contributed by atoms with van der Waals surface area (Å²) in [5.74, 6) is 0.451. The fourth-order valence-electron chi connectivity index (χ4n) is 1.30. The third-order valence-corrected chi connectivity index (χ3v) is 2.09. The molecule has 1 aromatic rings. The Bertz CT molecular complexity index is 301. The van der Waals surface area contributed by atoms with Gasteiger partial charge in [-0.05, 0) is 12.5 Å². The molecule has 1 atom stereocenters. The first-order valence-corrected chi connectivity index (χ1v) is 4.43. The Morgan fingerprint density at radius 2 is 2.21 bits per heavy atom. The minimum absolute atomic E-state index is 0.00217. The van der Waals surface area contributed by atoms with Crippen LogP contribution >= 0.6 is 0 Å². The summed E-state index contributed by atoms with van der Waals surface area (Å²) >= 11 is 0. The fourth-order valence-corrected chi connectivity index (χ4v) is 1.30. The molecule has 0 aromatic heterocycles. The molecule has 1 aromatic carbocycles. The maximum absolute atomic E-state index is 9.70. The van der Waals surface area contributed by atoms with Gasteiger partial charge in [-0.3, -0.25) is 0 Å². The van der Waals surface area contributed by atoms with E-state index in [1.54, 1.807) is 18.2 Å².